The van der Waals surface area contributed by atoms with Gasteiger partial charge in [-0.15, -0.1) is 0 Å². The van der Waals surface area contributed by atoms with Crippen LogP contribution in [0.1, 0.15) is 25.3 Å². The predicted molar refractivity (Wildman–Crippen MR) is 80.1 cm³/mol. The monoisotopic (exact) mass is 290 g/mol. The molecule has 1 aliphatic rings. The molecule has 1 aliphatic carbocycles. The van der Waals surface area contributed by atoms with Gasteiger partial charge in [0.1, 0.15) is 6.04 Å². The highest BCUT2D eigenvalue weighted by molar-refractivity contribution is 5.82. The van der Waals surface area contributed by atoms with E-state index in [1.807, 2.05) is 37.3 Å². The van der Waals surface area contributed by atoms with Crippen LogP contribution >= 0.6 is 0 Å². The molecule has 2 unspecified atom stereocenters. The zero-order valence-electron chi connectivity index (χ0n) is 12.5. The molecule has 0 bridgehead atoms. The molecule has 1 saturated carbocycles. The number of carbonyl (C=O) groups excluding carboxylic acids is 1. The molecule has 0 spiro atoms. The fourth-order valence-electron chi connectivity index (χ4n) is 2.38. The van der Waals surface area contributed by atoms with Crippen LogP contribution in [0.3, 0.4) is 0 Å². The van der Waals surface area contributed by atoms with Crippen molar-refractivity contribution in [1.82, 2.24) is 10.2 Å². The minimum atomic E-state index is -1.01. The van der Waals surface area contributed by atoms with Crippen molar-refractivity contribution in [3.05, 3.63) is 35.9 Å². The van der Waals surface area contributed by atoms with Crippen LogP contribution < -0.4 is 5.32 Å². The van der Waals surface area contributed by atoms with Gasteiger partial charge in [-0.2, -0.15) is 0 Å². The third kappa shape index (κ3) is 4.21. The van der Waals surface area contributed by atoms with Crippen LogP contribution in [0, 0.1) is 5.92 Å². The molecule has 2 rings (SSSR count). The number of hydrogen-bond acceptors (Lipinski definition) is 2. The Bertz CT molecular complexity index is 500. The molecule has 0 radical (unpaired) electrons. The summed E-state index contributed by atoms with van der Waals surface area (Å²) < 4.78 is 0. The summed E-state index contributed by atoms with van der Waals surface area (Å²) >= 11 is 0. The van der Waals surface area contributed by atoms with Crippen molar-refractivity contribution < 1.29 is 14.7 Å². The highest BCUT2D eigenvalue weighted by Gasteiger charge is 2.33. The number of rotatable bonds is 6. The lowest BCUT2D eigenvalue weighted by Crippen LogP contribution is -2.50. The lowest BCUT2D eigenvalue weighted by atomic mass is 10.1. The second kappa shape index (κ2) is 6.61. The Morgan fingerprint density at radius 2 is 1.95 bits per heavy atom. The first-order chi connectivity index (χ1) is 9.99. The SMILES string of the molecule is CC(C1CC1)N(C)C(=O)NC(Cc1ccccc1)C(=O)O. The summed E-state index contributed by atoms with van der Waals surface area (Å²) in [6.07, 6.45) is 2.57. The molecule has 114 valence electrons. The Morgan fingerprint density at radius 1 is 1.33 bits per heavy atom. The molecule has 5 heteroatoms. The van der Waals surface area contributed by atoms with Gasteiger partial charge in [0.15, 0.2) is 0 Å². The predicted octanol–water partition coefficient (Wildman–Crippen LogP) is 2.12. The molecule has 2 N–H and O–H groups in total. The number of nitrogens with one attached hydrogen (secondary N) is 1. The van der Waals surface area contributed by atoms with E-state index in [2.05, 4.69) is 5.32 Å². The maximum atomic E-state index is 12.2. The van der Waals surface area contributed by atoms with Crippen molar-refractivity contribution >= 4 is 12.0 Å². The lowest BCUT2D eigenvalue weighted by Gasteiger charge is -2.27. The van der Waals surface area contributed by atoms with Gasteiger partial charge < -0.3 is 15.3 Å². The molecule has 0 heterocycles. The first kappa shape index (κ1) is 15.4. The molecule has 0 aliphatic heterocycles. The minimum absolute atomic E-state index is 0.149. The van der Waals surface area contributed by atoms with E-state index in [0.717, 1.165) is 18.4 Å². The van der Waals surface area contributed by atoms with Crippen molar-refractivity contribution in [1.29, 1.82) is 0 Å². The summed E-state index contributed by atoms with van der Waals surface area (Å²) in [7, 11) is 1.72. The third-order valence-corrected chi connectivity index (χ3v) is 4.11. The quantitative estimate of drug-likeness (QED) is 0.843. The van der Waals surface area contributed by atoms with Crippen molar-refractivity contribution in [2.24, 2.45) is 5.92 Å². The molecule has 5 nitrogen and oxygen atoms in total. The Hall–Kier alpha value is -2.04. The zero-order chi connectivity index (χ0) is 15.4. The second-order valence-electron chi connectivity index (χ2n) is 5.72. The Kier molecular flexibility index (Phi) is 4.83. The molecule has 2 atom stereocenters. The van der Waals surface area contributed by atoms with E-state index in [0.29, 0.717) is 5.92 Å². The van der Waals surface area contributed by atoms with Crippen molar-refractivity contribution in [3.8, 4) is 0 Å². The van der Waals surface area contributed by atoms with E-state index >= 15 is 0 Å². The zero-order valence-corrected chi connectivity index (χ0v) is 12.5. The molecular formula is C16H22N2O3. The second-order valence-corrected chi connectivity index (χ2v) is 5.72. The Labute approximate surface area is 125 Å². The van der Waals surface area contributed by atoms with E-state index < -0.39 is 12.0 Å². The molecule has 2 amide bonds. The summed E-state index contributed by atoms with van der Waals surface area (Å²) in [5, 5.41) is 11.9. The fourth-order valence-corrected chi connectivity index (χ4v) is 2.38. The van der Waals surface area contributed by atoms with Gasteiger partial charge >= 0.3 is 12.0 Å². The van der Waals surface area contributed by atoms with Gasteiger partial charge in [0.2, 0.25) is 0 Å². The minimum Gasteiger partial charge on any atom is -0.480 e. The number of carboxylic acid groups (broad SMARTS) is 1. The van der Waals surface area contributed by atoms with Gasteiger partial charge in [-0.1, -0.05) is 30.3 Å². The number of hydrogen-bond donors (Lipinski definition) is 2. The van der Waals surface area contributed by atoms with Crippen molar-refractivity contribution in [2.75, 3.05) is 7.05 Å². The van der Waals surface area contributed by atoms with Crippen LogP contribution in [0.15, 0.2) is 30.3 Å². The summed E-state index contributed by atoms with van der Waals surface area (Å²) in [6.45, 7) is 2.00. The molecule has 0 saturated heterocycles. The highest BCUT2D eigenvalue weighted by atomic mass is 16.4. The van der Waals surface area contributed by atoms with Crippen LogP contribution in [-0.4, -0.2) is 41.1 Å². The molecular weight excluding hydrogens is 268 g/mol. The maximum absolute atomic E-state index is 12.2. The van der Waals surface area contributed by atoms with E-state index in [9.17, 15) is 14.7 Å². The van der Waals surface area contributed by atoms with Gasteiger partial charge in [-0.3, -0.25) is 0 Å². The van der Waals surface area contributed by atoms with Crippen molar-refractivity contribution in [3.63, 3.8) is 0 Å². The summed E-state index contributed by atoms with van der Waals surface area (Å²) in [5.41, 5.74) is 0.892. The number of nitrogens with zero attached hydrogens (tertiary/aromatic N) is 1. The first-order valence-electron chi connectivity index (χ1n) is 7.29. The summed E-state index contributed by atoms with van der Waals surface area (Å²) in [6, 6.07) is 8.23. The molecule has 21 heavy (non-hydrogen) atoms. The number of carboxylic acids is 1. The van der Waals surface area contributed by atoms with Gasteiger partial charge in [0, 0.05) is 19.5 Å². The smallest absolute Gasteiger partial charge is 0.326 e. The van der Waals surface area contributed by atoms with Crippen LogP contribution in [0.2, 0.25) is 0 Å². The number of carbonyl (C=O) groups is 2. The average Bonchev–Trinajstić information content (AvgIpc) is 3.30. The topological polar surface area (TPSA) is 69.6 Å². The van der Waals surface area contributed by atoms with E-state index in [1.165, 1.54) is 0 Å². The standard InChI is InChI=1S/C16H22N2O3/c1-11(13-8-9-13)18(2)16(21)17-14(15(19)20)10-12-6-4-3-5-7-12/h3-7,11,13-14H,8-10H2,1-2H3,(H,17,21)(H,19,20). The molecule has 1 aromatic rings. The average molecular weight is 290 g/mol. The number of amides is 2. The largest absolute Gasteiger partial charge is 0.480 e. The van der Waals surface area contributed by atoms with Gasteiger partial charge in [0.25, 0.3) is 0 Å². The third-order valence-electron chi connectivity index (χ3n) is 4.11. The first-order valence-corrected chi connectivity index (χ1v) is 7.29. The van der Waals surface area contributed by atoms with Crippen LogP contribution in [0.25, 0.3) is 0 Å². The Morgan fingerprint density at radius 3 is 2.48 bits per heavy atom. The lowest BCUT2D eigenvalue weighted by molar-refractivity contribution is -0.139. The van der Waals surface area contributed by atoms with Gasteiger partial charge in [-0.25, -0.2) is 9.59 Å². The van der Waals surface area contributed by atoms with E-state index in [-0.39, 0.29) is 18.5 Å². The maximum Gasteiger partial charge on any atom is 0.326 e. The van der Waals surface area contributed by atoms with Crippen LogP contribution in [-0.2, 0) is 11.2 Å². The van der Waals surface area contributed by atoms with Gasteiger partial charge in [-0.05, 0) is 31.2 Å². The molecule has 0 aromatic heterocycles. The summed E-state index contributed by atoms with van der Waals surface area (Å²) in [4.78, 5) is 25.1. The number of urea groups is 1. The van der Waals surface area contributed by atoms with Crippen LogP contribution in [0.5, 0.6) is 0 Å². The molecule has 1 aromatic carbocycles. The molecule has 1 fully saturated rings. The van der Waals surface area contributed by atoms with Gasteiger partial charge in [0.05, 0.1) is 0 Å². The normalized spacial score (nSPS) is 16.9. The Balaban J connectivity index is 1.95. The number of aliphatic carboxylic acids is 1. The fraction of sp³-hybridized carbons (Fsp3) is 0.500. The highest BCUT2D eigenvalue weighted by Crippen LogP contribution is 2.34. The summed E-state index contributed by atoms with van der Waals surface area (Å²) in [5.74, 6) is -0.460. The van der Waals surface area contributed by atoms with Crippen molar-refractivity contribution in [2.45, 2.75) is 38.3 Å². The van der Waals surface area contributed by atoms with E-state index in [1.54, 1.807) is 11.9 Å². The number of benzene rings is 1. The van der Waals surface area contributed by atoms with E-state index in [4.69, 9.17) is 0 Å². The van der Waals surface area contributed by atoms with Crippen LogP contribution in [0.4, 0.5) is 4.79 Å².